The van der Waals surface area contributed by atoms with Crippen LogP contribution in [0.2, 0.25) is 0 Å². The van der Waals surface area contributed by atoms with Gasteiger partial charge in [-0.15, -0.1) is 10.2 Å². The Morgan fingerprint density at radius 3 is 3.04 bits per heavy atom. The number of carbonyl (C=O) groups is 1. The Kier molecular flexibility index (Phi) is 4.29. The Bertz CT molecular complexity index is 747. The molecule has 0 spiro atoms. The van der Waals surface area contributed by atoms with E-state index in [0.717, 1.165) is 30.5 Å². The number of fused-ring (bicyclic) bond motifs is 1. The summed E-state index contributed by atoms with van der Waals surface area (Å²) < 4.78 is 11.3. The zero-order valence-electron chi connectivity index (χ0n) is 14.6. The average Bonchev–Trinajstić information content (AvgIpc) is 3.21. The SMILES string of the molecule is CC(C)c1nnc(COC2CN(C(=O)C3CCCc4[nH]ncc43)C2)o1. The normalized spacial score (nSPS) is 20.6. The van der Waals surface area contributed by atoms with E-state index in [2.05, 4.69) is 20.4 Å². The summed E-state index contributed by atoms with van der Waals surface area (Å²) in [4.78, 5) is 14.6. The molecule has 1 N–H and O–H groups in total. The van der Waals surface area contributed by atoms with E-state index < -0.39 is 0 Å². The van der Waals surface area contributed by atoms with E-state index in [1.807, 2.05) is 18.7 Å². The third-order valence-corrected chi connectivity index (χ3v) is 4.92. The third kappa shape index (κ3) is 3.18. The van der Waals surface area contributed by atoms with Gasteiger partial charge >= 0.3 is 0 Å². The second-order valence-electron chi connectivity index (χ2n) is 7.11. The van der Waals surface area contributed by atoms with E-state index in [9.17, 15) is 4.79 Å². The highest BCUT2D eigenvalue weighted by atomic mass is 16.5. The van der Waals surface area contributed by atoms with E-state index in [1.165, 1.54) is 0 Å². The summed E-state index contributed by atoms with van der Waals surface area (Å²) in [5.41, 5.74) is 2.17. The Morgan fingerprint density at radius 2 is 2.28 bits per heavy atom. The first-order chi connectivity index (χ1) is 12.1. The minimum Gasteiger partial charge on any atom is -0.422 e. The summed E-state index contributed by atoms with van der Waals surface area (Å²) in [6.07, 6.45) is 4.73. The summed E-state index contributed by atoms with van der Waals surface area (Å²) in [5, 5.41) is 15.1. The van der Waals surface area contributed by atoms with E-state index in [1.54, 1.807) is 6.20 Å². The topological polar surface area (TPSA) is 97.1 Å². The fourth-order valence-corrected chi connectivity index (χ4v) is 3.41. The molecule has 1 aliphatic heterocycles. The average molecular weight is 345 g/mol. The predicted molar refractivity (Wildman–Crippen MR) is 87.8 cm³/mol. The van der Waals surface area contributed by atoms with Gasteiger partial charge in [-0.05, 0) is 19.3 Å². The molecule has 3 heterocycles. The van der Waals surface area contributed by atoms with Crippen LogP contribution in [0.3, 0.4) is 0 Å². The molecule has 134 valence electrons. The molecule has 0 radical (unpaired) electrons. The fraction of sp³-hybridized carbons (Fsp3) is 0.647. The zero-order valence-corrected chi connectivity index (χ0v) is 14.6. The quantitative estimate of drug-likeness (QED) is 0.887. The van der Waals surface area contributed by atoms with Crippen molar-refractivity contribution in [3.8, 4) is 0 Å². The molecule has 8 heteroatoms. The molecule has 1 saturated heterocycles. The lowest BCUT2D eigenvalue weighted by molar-refractivity contribution is -0.148. The smallest absolute Gasteiger partial charge is 0.242 e. The molecule has 2 aromatic rings. The molecule has 1 atom stereocenters. The molecule has 0 bridgehead atoms. The Balaban J connectivity index is 1.27. The lowest BCUT2D eigenvalue weighted by Gasteiger charge is -2.41. The molecule has 1 amide bonds. The highest BCUT2D eigenvalue weighted by Crippen LogP contribution is 2.33. The van der Waals surface area contributed by atoms with Crippen LogP contribution >= 0.6 is 0 Å². The molecule has 25 heavy (non-hydrogen) atoms. The molecule has 0 aromatic carbocycles. The standard InChI is InChI=1S/C17H23N5O3/c1-10(2)16-21-20-15(25-16)9-24-11-7-22(8-11)17(23)12-4-3-5-14-13(12)6-18-19-14/h6,10-12H,3-5,7-9H2,1-2H3,(H,18,19). The number of hydrogen-bond donors (Lipinski definition) is 1. The monoisotopic (exact) mass is 345 g/mol. The second kappa shape index (κ2) is 6.59. The van der Waals surface area contributed by atoms with Crippen LogP contribution in [-0.2, 0) is 22.6 Å². The Labute approximate surface area is 145 Å². The largest absolute Gasteiger partial charge is 0.422 e. The lowest BCUT2D eigenvalue weighted by atomic mass is 9.85. The molecule has 0 saturated carbocycles. The summed E-state index contributed by atoms with van der Waals surface area (Å²) in [6.45, 7) is 5.54. The van der Waals surface area contributed by atoms with Crippen molar-refractivity contribution in [3.05, 3.63) is 29.2 Å². The highest BCUT2D eigenvalue weighted by molar-refractivity contribution is 5.85. The van der Waals surface area contributed by atoms with Gasteiger partial charge in [0.2, 0.25) is 17.7 Å². The highest BCUT2D eigenvalue weighted by Gasteiger charge is 2.37. The van der Waals surface area contributed by atoms with Crippen molar-refractivity contribution in [2.75, 3.05) is 13.1 Å². The van der Waals surface area contributed by atoms with Crippen molar-refractivity contribution in [1.29, 1.82) is 0 Å². The van der Waals surface area contributed by atoms with Crippen LogP contribution in [0, 0.1) is 0 Å². The van der Waals surface area contributed by atoms with Crippen LogP contribution in [0.1, 0.15) is 61.6 Å². The van der Waals surface area contributed by atoms with Crippen molar-refractivity contribution in [3.63, 3.8) is 0 Å². The lowest BCUT2D eigenvalue weighted by Crippen LogP contribution is -2.56. The maximum atomic E-state index is 12.7. The number of H-pyrrole nitrogens is 1. The van der Waals surface area contributed by atoms with Gasteiger partial charge in [-0.2, -0.15) is 5.10 Å². The Hall–Kier alpha value is -2.22. The van der Waals surface area contributed by atoms with Crippen molar-refractivity contribution >= 4 is 5.91 Å². The molecular weight excluding hydrogens is 322 g/mol. The summed E-state index contributed by atoms with van der Waals surface area (Å²) in [5.74, 6) is 1.44. The van der Waals surface area contributed by atoms with Crippen LogP contribution in [0.15, 0.2) is 10.6 Å². The van der Waals surface area contributed by atoms with Crippen LogP contribution in [-0.4, -0.2) is 50.4 Å². The summed E-state index contributed by atoms with van der Waals surface area (Å²) >= 11 is 0. The number of aromatic amines is 1. The fourth-order valence-electron chi connectivity index (χ4n) is 3.41. The van der Waals surface area contributed by atoms with Gasteiger partial charge in [0.05, 0.1) is 18.2 Å². The molecular formula is C17H23N5O3. The molecule has 1 fully saturated rings. The van der Waals surface area contributed by atoms with Gasteiger partial charge < -0.3 is 14.1 Å². The summed E-state index contributed by atoms with van der Waals surface area (Å²) in [7, 11) is 0. The first kappa shape index (κ1) is 16.3. The van der Waals surface area contributed by atoms with Gasteiger partial charge in [0.1, 0.15) is 6.61 Å². The van der Waals surface area contributed by atoms with Crippen LogP contribution in [0.25, 0.3) is 0 Å². The molecule has 8 nitrogen and oxygen atoms in total. The molecule has 4 rings (SSSR count). The van der Waals surface area contributed by atoms with Crippen molar-refractivity contribution < 1.29 is 13.9 Å². The van der Waals surface area contributed by atoms with E-state index in [4.69, 9.17) is 9.15 Å². The van der Waals surface area contributed by atoms with Gasteiger partial charge in [0.15, 0.2) is 0 Å². The van der Waals surface area contributed by atoms with Gasteiger partial charge in [-0.25, -0.2) is 0 Å². The van der Waals surface area contributed by atoms with Gasteiger partial charge in [-0.1, -0.05) is 13.8 Å². The number of aryl methyl sites for hydroxylation is 1. The number of rotatable bonds is 5. The van der Waals surface area contributed by atoms with E-state index in [-0.39, 0.29) is 23.8 Å². The van der Waals surface area contributed by atoms with Crippen molar-refractivity contribution in [2.45, 2.75) is 57.7 Å². The van der Waals surface area contributed by atoms with Crippen LogP contribution in [0.5, 0.6) is 0 Å². The number of carbonyl (C=O) groups excluding carboxylic acids is 1. The first-order valence-electron chi connectivity index (χ1n) is 8.86. The molecule has 2 aromatic heterocycles. The van der Waals surface area contributed by atoms with Gasteiger partial charge in [-0.3, -0.25) is 9.89 Å². The molecule has 2 aliphatic rings. The van der Waals surface area contributed by atoms with Gasteiger partial charge in [0, 0.05) is 30.3 Å². The Morgan fingerprint density at radius 1 is 1.44 bits per heavy atom. The number of aromatic nitrogens is 4. The molecule has 1 aliphatic carbocycles. The number of ether oxygens (including phenoxy) is 1. The second-order valence-corrected chi connectivity index (χ2v) is 7.11. The zero-order chi connectivity index (χ0) is 17.4. The number of hydrogen-bond acceptors (Lipinski definition) is 6. The summed E-state index contributed by atoms with van der Waals surface area (Å²) in [6, 6.07) is 0. The third-order valence-electron chi connectivity index (χ3n) is 4.92. The number of nitrogens with one attached hydrogen (secondary N) is 1. The van der Waals surface area contributed by atoms with Crippen molar-refractivity contribution in [2.24, 2.45) is 0 Å². The first-order valence-corrected chi connectivity index (χ1v) is 8.86. The predicted octanol–water partition coefficient (Wildman–Crippen LogP) is 1.76. The number of likely N-dealkylation sites (tertiary alicyclic amines) is 1. The maximum Gasteiger partial charge on any atom is 0.242 e. The van der Waals surface area contributed by atoms with Gasteiger partial charge in [0.25, 0.3) is 0 Å². The van der Waals surface area contributed by atoms with Crippen LogP contribution in [0.4, 0.5) is 0 Å². The maximum absolute atomic E-state index is 12.7. The number of nitrogens with zero attached hydrogens (tertiary/aromatic N) is 4. The van der Waals surface area contributed by atoms with Crippen molar-refractivity contribution in [1.82, 2.24) is 25.3 Å². The molecule has 1 unspecified atom stereocenters. The number of amides is 1. The minimum absolute atomic E-state index is 0.0331. The minimum atomic E-state index is -0.0620. The van der Waals surface area contributed by atoms with E-state index in [0.29, 0.717) is 31.5 Å². The van der Waals surface area contributed by atoms with Crippen LogP contribution < -0.4 is 0 Å². The van der Waals surface area contributed by atoms with E-state index >= 15 is 0 Å².